The van der Waals surface area contributed by atoms with Crippen molar-refractivity contribution in [3.8, 4) is 0 Å². The van der Waals surface area contributed by atoms with Gasteiger partial charge in [-0.15, -0.1) is 0 Å². The van der Waals surface area contributed by atoms with E-state index in [1.165, 1.54) is 16.3 Å². The van der Waals surface area contributed by atoms with Gasteiger partial charge in [-0.2, -0.15) is 0 Å². The maximum absolute atomic E-state index is 5.57. The predicted molar refractivity (Wildman–Crippen MR) is 113 cm³/mol. The summed E-state index contributed by atoms with van der Waals surface area (Å²) in [5, 5.41) is 9.60. The normalized spacial score (nSPS) is 18.5. The van der Waals surface area contributed by atoms with E-state index in [2.05, 4.69) is 84.0 Å². The maximum Gasteiger partial charge on any atom is 0.191 e. The van der Waals surface area contributed by atoms with E-state index >= 15 is 0 Å². The van der Waals surface area contributed by atoms with Gasteiger partial charge in [0.15, 0.2) is 5.96 Å². The van der Waals surface area contributed by atoms with Crippen molar-refractivity contribution in [3.63, 3.8) is 0 Å². The number of aliphatic imine (C=N–C) groups is 1. The number of hydrogen-bond donors (Lipinski definition) is 2. The van der Waals surface area contributed by atoms with Crippen LogP contribution in [0.15, 0.2) is 47.5 Å². The molecule has 0 spiro atoms. The summed E-state index contributed by atoms with van der Waals surface area (Å²) in [5.41, 5.74) is 1.37. The second kappa shape index (κ2) is 8.72. The maximum atomic E-state index is 5.57. The highest BCUT2D eigenvalue weighted by molar-refractivity contribution is 5.84. The molecule has 1 unspecified atom stereocenters. The van der Waals surface area contributed by atoms with Crippen molar-refractivity contribution in [1.82, 2.24) is 15.5 Å². The molecule has 0 bridgehead atoms. The lowest BCUT2D eigenvalue weighted by Crippen LogP contribution is -2.57. The van der Waals surface area contributed by atoms with Crippen molar-refractivity contribution >= 4 is 16.7 Å². The van der Waals surface area contributed by atoms with E-state index in [1.807, 2.05) is 7.05 Å². The highest BCUT2D eigenvalue weighted by atomic mass is 16.5. The Morgan fingerprint density at radius 3 is 2.52 bits per heavy atom. The molecule has 1 saturated heterocycles. The molecular formula is C22H32N4O. The fourth-order valence-electron chi connectivity index (χ4n) is 3.74. The molecule has 0 aromatic heterocycles. The molecule has 1 atom stereocenters. The quantitative estimate of drug-likeness (QED) is 0.629. The van der Waals surface area contributed by atoms with Crippen LogP contribution in [0.25, 0.3) is 10.8 Å². The van der Waals surface area contributed by atoms with E-state index in [9.17, 15) is 0 Å². The monoisotopic (exact) mass is 368 g/mol. The number of hydrogen-bond acceptors (Lipinski definition) is 3. The highest BCUT2D eigenvalue weighted by Crippen LogP contribution is 2.25. The molecule has 27 heavy (non-hydrogen) atoms. The van der Waals surface area contributed by atoms with Crippen LogP contribution < -0.4 is 10.6 Å². The van der Waals surface area contributed by atoms with E-state index in [0.717, 1.165) is 38.6 Å². The topological polar surface area (TPSA) is 48.9 Å². The average Bonchev–Trinajstić information content (AvgIpc) is 2.71. The largest absolute Gasteiger partial charge is 0.381 e. The third-order valence-corrected chi connectivity index (χ3v) is 5.81. The molecule has 2 aromatic rings. The van der Waals surface area contributed by atoms with Crippen molar-refractivity contribution in [2.75, 3.05) is 40.9 Å². The zero-order chi connectivity index (χ0) is 19.3. The second-order valence-electron chi connectivity index (χ2n) is 7.63. The lowest BCUT2D eigenvalue weighted by Gasteiger charge is -2.43. The number of nitrogens with zero attached hydrogens (tertiary/aromatic N) is 2. The Labute approximate surface area is 162 Å². The number of guanidine groups is 1. The van der Waals surface area contributed by atoms with Crippen LogP contribution in [-0.4, -0.2) is 57.3 Å². The molecule has 1 aliphatic rings. The smallest absolute Gasteiger partial charge is 0.191 e. The molecule has 2 aromatic carbocycles. The van der Waals surface area contributed by atoms with Gasteiger partial charge >= 0.3 is 0 Å². The minimum Gasteiger partial charge on any atom is -0.381 e. The summed E-state index contributed by atoms with van der Waals surface area (Å²) in [4.78, 5) is 6.76. The zero-order valence-electron chi connectivity index (χ0n) is 17.0. The van der Waals surface area contributed by atoms with Crippen molar-refractivity contribution in [2.45, 2.75) is 31.3 Å². The summed E-state index contributed by atoms with van der Waals surface area (Å²) in [6, 6.07) is 15.3. The van der Waals surface area contributed by atoms with Gasteiger partial charge in [-0.25, -0.2) is 0 Å². The Balaban J connectivity index is 1.65. The van der Waals surface area contributed by atoms with Gasteiger partial charge in [0.2, 0.25) is 0 Å². The highest BCUT2D eigenvalue weighted by Gasteiger charge is 2.34. The summed E-state index contributed by atoms with van der Waals surface area (Å²) in [7, 11) is 6.14. The summed E-state index contributed by atoms with van der Waals surface area (Å²) >= 11 is 0. The van der Waals surface area contributed by atoms with Gasteiger partial charge in [-0.3, -0.25) is 4.99 Å². The summed E-state index contributed by atoms with van der Waals surface area (Å²) in [6.07, 6.45) is 2.06. The lowest BCUT2D eigenvalue weighted by atomic mass is 9.88. The van der Waals surface area contributed by atoms with Crippen molar-refractivity contribution in [2.24, 2.45) is 4.99 Å². The van der Waals surface area contributed by atoms with Gasteiger partial charge in [0, 0.05) is 32.3 Å². The average molecular weight is 369 g/mol. The molecule has 1 fully saturated rings. The van der Waals surface area contributed by atoms with Crippen molar-refractivity contribution in [3.05, 3.63) is 48.0 Å². The fourth-order valence-corrected chi connectivity index (χ4v) is 3.74. The first-order valence-electron chi connectivity index (χ1n) is 9.75. The molecule has 0 radical (unpaired) electrons. The lowest BCUT2D eigenvalue weighted by molar-refractivity contribution is -0.00502. The van der Waals surface area contributed by atoms with Crippen LogP contribution in [0.3, 0.4) is 0 Å². The fraction of sp³-hybridized carbons (Fsp3) is 0.500. The SMILES string of the molecule is CN=C(NCC1(N(C)C)CCOCC1)NC(C)c1ccc2ccccc2c1. The molecular weight excluding hydrogens is 336 g/mol. The molecule has 146 valence electrons. The van der Waals surface area contributed by atoms with Gasteiger partial charge < -0.3 is 20.3 Å². The van der Waals surface area contributed by atoms with Crippen LogP contribution in [0.5, 0.6) is 0 Å². The number of fused-ring (bicyclic) bond motifs is 1. The first kappa shape index (κ1) is 19.6. The molecule has 1 aliphatic heterocycles. The summed E-state index contributed by atoms with van der Waals surface area (Å²) in [5.74, 6) is 0.836. The van der Waals surface area contributed by atoms with E-state index in [-0.39, 0.29) is 11.6 Å². The van der Waals surface area contributed by atoms with Crippen LogP contribution >= 0.6 is 0 Å². The van der Waals surface area contributed by atoms with Gasteiger partial charge in [0.05, 0.1) is 6.04 Å². The van der Waals surface area contributed by atoms with Crippen LogP contribution in [0.4, 0.5) is 0 Å². The van der Waals surface area contributed by atoms with Gasteiger partial charge in [-0.1, -0.05) is 36.4 Å². The van der Waals surface area contributed by atoms with Crippen LogP contribution in [0, 0.1) is 0 Å². The second-order valence-corrected chi connectivity index (χ2v) is 7.63. The molecule has 0 saturated carbocycles. The Kier molecular flexibility index (Phi) is 6.34. The minimum atomic E-state index is 0.113. The molecule has 1 heterocycles. The Morgan fingerprint density at radius 2 is 1.85 bits per heavy atom. The number of likely N-dealkylation sites (N-methyl/N-ethyl adjacent to an activating group) is 1. The number of nitrogens with one attached hydrogen (secondary N) is 2. The number of ether oxygens (including phenoxy) is 1. The van der Waals surface area contributed by atoms with Crippen molar-refractivity contribution < 1.29 is 4.74 Å². The zero-order valence-corrected chi connectivity index (χ0v) is 17.0. The Morgan fingerprint density at radius 1 is 1.15 bits per heavy atom. The van der Waals surface area contributed by atoms with E-state index in [0.29, 0.717) is 0 Å². The number of benzene rings is 2. The molecule has 3 rings (SSSR count). The molecule has 5 heteroatoms. The van der Waals surface area contributed by atoms with Crippen LogP contribution in [0.2, 0.25) is 0 Å². The molecule has 5 nitrogen and oxygen atoms in total. The van der Waals surface area contributed by atoms with Crippen LogP contribution in [0.1, 0.15) is 31.4 Å². The molecule has 2 N–H and O–H groups in total. The first-order chi connectivity index (χ1) is 13.0. The number of rotatable bonds is 5. The van der Waals surface area contributed by atoms with Crippen LogP contribution in [-0.2, 0) is 4.74 Å². The van der Waals surface area contributed by atoms with Crippen molar-refractivity contribution in [1.29, 1.82) is 0 Å². The summed E-state index contributed by atoms with van der Waals surface area (Å²) < 4.78 is 5.57. The molecule has 0 aliphatic carbocycles. The Hall–Kier alpha value is -2.11. The predicted octanol–water partition coefficient (Wildman–Crippen LogP) is 3.18. The van der Waals surface area contributed by atoms with E-state index < -0.39 is 0 Å². The van der Waals surface area contributed by atoms with E-state index in [1.54, 1.807) is 0 Å². The van der Waals surface area contributed by atoms with Gasteiger partial charge in [0.25, 0.3) is 0 Å². The third kappa shape index (κ3) is 4.60. The van der Waals surface area contributed by atoms with E-state index in [4.69, 9.17) is 4.74 Å². The van der Waals surface area contributed by atoms with Gasteiger partial charge in [0.1, 0.15) is 0 Å². The third-order valence-electron chi connectivity index (χ3n) is 5.81. The standard InChI is InChI=1S/C22H32N4O/c1-17(19-10-9-18-7-5-6-8-20(18)15-19)25-21(23-2)24-16-22(26(3)4)11-13-27-14-12-22/h5-10,15,17H,11-14,16H2,1-4H3,(H2,23,24,25). The minimum absolute atomic E-state index is 0.113. The summed E-state index contributed by atoms with van der Waals surface area (Å²) in [6.45, 7) is 4.67. The Bertz CT molecular complexity index is 781. The first-order valence-corrected chi connectivity index (χ1v) is 9.75. The molecule has 0 amide bonds. The van der Waals surface area contributed by atoms with Gasteiger partial charge in [-0.05, 0) is 56.3 Å².